The molecule has 0 radical (unpaired) electrons. The predicted molar refractivity (Wildman–Crippen MR) is 66.2 cm³/mol. The van der Waals surface area contributed by atoms with Gasteiger partial charge in [-0.1, -0.05) is 19.3 Å². The van der Waals surface area contributed by atoms with Gasteiger partial charge in [-0.2, -0.15) is 0 Å². The second-order valence-electron chi connectivity index (χ2n) is 6.92. The Labute approximate surface area is 99.4 Å². The molecule has 90 valence electrons. The van der Waals surface area contributed by atoms with E-state index in [4.69, 9.17) is 0 Å². The highest BCUT2D eigenvalue weighted by molar-refractivity contribution is 5.09. The van der Waals surface area contributed by atoms with Crippen LogP contribution in [0.25, 0.3) is 0 Å². The molecule has 2 bridgehead atoms. The third kappa shape index (κ3) is 1.40. The molecule has 1 heteroatoms. The van der Waals surface area contributed by atoms with Crippen LogP contribution in [0.1, 0.15) is 57.8 Å². The highest BCUT2D eigenvalue weighted by atomic mass is 15.0. The zero-order chi connectivity index (χ0) is 10.5. The summed E-state index contributed by atoms with van der Waals surface area (Å²) in [5.41, 5.74) is 0. The molecule has 0 aromatic rings. The molecule has 0 saturated heterocycles. The summed E-state index contributed by atoms with van der Waals surface area (Å²) in [5, 5.41) is 4.01. The van der Waals surface area contributed by atoms with Crippen LogP contribution in [0.5, 0.6) is 0 Å². The second-order valence-corrected chi connectivity index (χ2v) is 6.92. The van der Waals surface area contributed by atoms with Gasteiger partial charge in [-0.05, 0) is 62.2 Å². The van der Waals surface area contributed by atoms with E-state index in [1.54, 1.807) is 19.3 Å². The minimum absolute atomic E-state index is 0.888. The SMILES string of the molecule is C1CCC(N[C@@H]2C[C@@H]3C4CCC(C4)[C@@H]32)CC1. The van der Waals surface area contributed by atoms with Gasteiger partial charge in [0.25, 0.3) is 0 Å². The third-order valence-corrected chi connectivity index (χ3v) is 6.20. The number of nitrogens with one attached hydrogen (secondary N) is 1. The van der Waals surface area contributed by atoms with Gasteiger partial charge in [-0.3, -0.25) is 0 Å². The molecule has 0 aromatic carbocycles. The van der Waals surface area contributed by atoms with E-state index in [-0.39, 0.29) is 0 Å². The first-order valence-corrected chi connectivity index (χ1v) is 7.68. The number of fused-ring (bicyclic) bond motifs is 5. The van der Waals surface area contributed by atoms with Crippen LogP contribution in [0, 0.1) is 23.7 Å². The maximum Gasteiger partial charge on any atom is 0.0106 e. The Morgan fingerprint density at radius 3 is 2.38 bits per heavy atom. The molecule has 4 rings (SSSR count). The highest BCUT2D eigenvalue weighted by Crippen LogP contribution is 2.61. The van der Waals surface area contributed by atoms with Crippen LogP contribution in [0.15, 0.2) is 0 Å². The van der Waals surface area contributed by atoms with Crippen molar-refractivity contribution in [1.29, 1.82) is 0 Å². The van der Waals surface area contributed by atoms with Gasteiger partial charge in [0.05, 0.1) is 0 Å². The molecule has 1 N–H and O–H groups in total. The van der Waals surface area contributed by atoms with E-state index < -0.39 is 0 Å². The smallest absolute Gasteiger partial charge is 0.0106 e. The van der Waals surface area contributed by atoms with Gasteiger partial charge in [0.1, 0.15) is 0 Å². The van der Waals surface area contributed by atoms with Crippen molar-refractivity contribution in [3.8, 4) is 0 Å². The highest BCUT2D eigenvalue weighted by Gasteiger charge is 2.57. The van der Waals surface area contributed by atoms with Crippen molar-refractivity contribution in [3.05, 3.63) is 0 Å². The number of rotatable bonds is 2. The minimum Gasteiger partial charge on any atom is -0.311 e. The molecular formula is C15H25N. The van der Waals surface area contributed by atoms with Crippen molar-refractivity contribution in [1.82, 2.24) is 5.32 Å². The van der Waals surface area contributed by atoms with Crippen LogP contribution in [-0.2, 0) is 0 Å². The molecule has 5 atom stereocenters. The Morgan fingerprint density at radius 1 is 0.750 bits per heavy atom. The van der Waals surface area contributed by atoms with E-state index in [9.17, 15) is 0 Å². The monoisotopic (exact) mass is 219 g/mol. The molecule has 4 saturated carbocycles. The average Bonchev–Trinajstić information content (AvgIpc) is 2.83. The van der Waals surface area contributed by atoms with E-state index in [2.05, 4.69) is 5.32 Å². The average molecular weight is 219 g/mol. The largest absolute Gasteiger partial charge is 0.311 e. The lowest BCUT2D eigenvalue weighted by Crippen LogP contribution is -2.55. The lowest BCUT2D eigenvalue weighted by Gasteiger charge is -2.49. The van der Waals surface area contributed by atoms with Crippen LogP contribution < -0.4 is 5.32 Å². The Bertz CT molecular complexity index is 267. The van der Waals surface area contributed by atoms with Gasteiger partial charge >= 0.3 is 0 Å². The summed E-state index contributed by atoms with van der Waals surface area (Å²) < 4.78 is 0. The molecule has 2 unspecified atom stereocenters. The Kier molecular flexibility index (Phi) is 2.32. The molecule has 1 nitrogen and oxygen atoms in total. The Balaban J connectivity index is 1.36. The molecule has 0 amide bonds. The van der Waals surface area contributed by atoms with E-state index in [0.29, 0.717) is 0 Å². The summed E-state index contributed by atoms with van der Waals surface area (Å²) in [6.07, 6.45) is 13.6. The van der Waals surface area contributed by atoms with Crippen molar-refractivity contribution >= 4 is 0 Å². The maximum absolute atomic E-state index is 4.01. The topological polar surface area (TPSA) is 12.0 Å². The van der Waals surface area contributed by atoms with Crippen molar-refractivity contribution in [2.24, 2.45) is 23.7 Å². The van der Waals surface area contributed by atoms with Gasteiger partial charge < -0.3 is 5.32 Å². The predicted octanol–water partition coefficient (Wildman–Crippen LogP) is 3.34. The fraction of sp³-hybridized carbons (Fsp3) is 1.00. The number of hydrogen-bond donors (Lipinski definition) is 1. The van der Waals surface area contributed by atoms with Crippen molar-refractivity contribution < 1.29 is 0 Å². The molecule has 16 heavy (non-hydrogen) atoms. The maximum atomic E-state index is 4.01. The summed E-state index contributed by atoms with van der Waals surface area (Å²) in [4.78, 5) is 0. The van der Waals surface area contributed by atoms with E-state index in [1.807, 2.05) is 0 Å². The van der Waals surface area contributed by atoms with Crippen LogP contribution in [-0.4, -0.2) is 12.1 Å². The summed E-state index contributed by atoms with van der Waals surface area (Å²) in [6.45, 7) is 0. The molecule has 0 aromatic heterocycles. The van der Waals surface area contributed by atoms with E-state index in [0.717, 1.165) is 35.8 Å². The molecule has 4 fully saturated rings. The molecule has 4 aliphatic carbocycles. The minimum atomic E-state index is 0.888. The normalized spacial score (nSPS) is 51.4. The summed E-state index contributed by atoms with van der Waals surface area (Å²) in [7, 11) is 0. The van der Waals surface area contributed by atoms with Gasteiger partial charge in [0.2, 0.25) is 0 Å². The zero-order valence-electron chi connectivity index (χ0n) is 10.3. The lowest BCUT2D eigenvalue weighted by atomic mass is 9.62. The summed E-state index contributed by atoms with van der Waals surface area (Å²) in [5.74, 6) is 4.55. The standard InChI is InChI=1S/C15H25N/c1-2-4-12(5-3-1)16-14-9-13-10-6-7-11(8-10)15(13)14/h10-16H,1-9H2/t10?,11?,13-,14-,15+/m1/s1. The lowest BCUT2D eigenvalue weighted by molar-refractivity contribution is 0.0395. The first-order valence-electron chi connectivity index (χ1n) is 7.68. The van der Waals surface area contributed by atoms with E-state index >= 15 is 0 Å². The molecular weight excluding hydrogens is 194 g/mol. The van der Waals surface area contributed by atoms with Crippen LogP contribution in [0.3, 0.4) is 0 Å². The first-order chi connectivity index (χ1) is 7.92. The fourth-order valence-corrected chi connectivity index (χ4v) is 5.44. The van der Waals surface area contributed by atoms with Crippen molar-refractivity contribution in [2.75, 3.05) is 0 Å². The zero-order valence-corrected chi connectivity index (χ0v) is 10.3. The Morgan fingerprint density at radius 2 is 1.56 bits per heavy atom. The van der Waals surface area contributed by atoms with Crippen molar-refractivity contribution in [3.63, 3.8) is 0 Å². The molecule has 0 aliphatic heterocycles. The van der Waals surface area contributed by atoms with Crippen LogP contribution in [0.4, 0.5) is 0 Å². The van der Waals surface area contributed by atoms with Gasteiger partial charge in [-0.25, -0.2) is 0 Å². The first kappa shape index (κ1) is 9.94. The fourth-order valence-electron chi connectivity index (χ4n) is 5.44. The quantitative estimate of drug-likeness (QED) is 0.751. The number of hydrogen-bond acceptors (Lipinski definition) is 1. The molecule has 4 aliphatic rings. The van der Waals surface area contributed by atoms with Crippen molar-refractivity contribution in [2.45, 2.75) is 69.9 Å². The second kappa shape index (κ2) is 3.73. The third-order valence-electron chi connectivity index (χ3n) is 6.20. The summed E-state index contributed by atoms with van der Waals surface area (Å²) >= 11 is 0. The van der Waals surface area contributed by atoms with Gasteiger partial charge in [0, 0.05) is 12.1 Å². The Hall–Kier alpha value is -0.0400. The van der Waals surface area contributed by atoms with Gasteiger partial charge in [-0.15, -0.1) is 0 Å². The molecule has 0 heterocycles. The van der Waals surface area contributed by atoms with Crippen LogP contribution in [0.2, 0.25) is 0 Å². The van der Waals surface area contributed by atoms with Gasteiger partial charge in [0.15, 0.2) is 0 Å². The molecule has 0 spiro atoms. The van der Waals surface area contributed by atoms with Crippen LogP contribution >= 0.6 is 0 Å². The van der Waals surface area contributed by atoms with E-state index in [1.165, 1.54) is 38.5 Å². The summed E-state index contributed by atoms with van der Waals surface area (Å²) in [6, 6.07) is 1.82.